The van der Waals surface area contributed by atoms with Crippen molar-refractivity contribution in [3.8, 4) is 11.5 Å². The first kappa shape index (κ1) is 14.4. The largest absolute Gasteiger partial charge is 0.497 e. The number of benzene rings is 2. The summed E-state index contributed by atoms with van der Waals surface area (Å²) in [5.74, 6) is 0.624. The Balaban J connectivity index is 1.72. The summed E-state index contributed by atoms with van der Waals surface area (Å²) < 4.78 is 24.0. The topological polar surface area (TPSA) is 47.6 Å². The van der Waals surface area contributed by atoms with Gasteiger partial charge in [0.25, 0.3) is 0 Å². The molecule has 0 unspecified atom stereocenters. The molecule has 22 heavy (non-hydrogen) atoms. The number of halogens is 1. The Morgan fingerprint density at radius 3 is 2.95 bits per heavy atom. The highest BCUT2D eigenvalue weighted by atomic mass is 19.1. The summed E-state index contributed by atoms with van der Waals surface area (Å²) in [4.78, 5) is 12.3. The van der Waals surface area contributed by atoms with Crippen molar-refractivity contribution in [3.63, 3.8) is 0 Å². The third-order valence-corrected chi connectivity index (χ3v) is 3.64. The molecule has 0 fully saturated rings. The summed E-state index contributed by atoms with van der Waals surface area (Å²) in [6, 6.07) is 11.4. The predicted octanol–water partition coefficient (Wildman–Crippen LogP) is 3.02. The van der Waals surface area contributed by atoms with Gasteiger partial charge < -0.3 is 14.8 Å². The van der Waals surface area contributed by atoms with Crippen LogP contribution in [0.5, 0.6) is 11.5 Å². The summed E-state index contributed by atoms with van der Waals surface area (Å²) in [5.41, 5.74) is 1.38. The van der Waals surface area contributed by atoms with Crippen molar-refractivity contribution in [2.24, 2.45) is 5.92 Å². The van der Waals surface area contributed by atoms with Crippen molar-refractivity contribution in [3.05, 3.63) is 53.8 Å². The molecule has 0 radical (unpaired) electrons. The van der Waals surface area contributed by atoms with Gasteiger partial charge in [-0.25, -0.2) is 4.39 Å². The highest BCUT2D eigenvalue weighted by Crippen LogP contribution is 2.31. The molecule has 1 aliphatic rings. The number of hydrogen-bond donors (Lipinski definition) is 1. The summed E-state index contributed by atoms with van der Waals surface area (Å²) in [7, 11) is 1.60. The van der Waals surface area contributed by atoms with Crippen molar-refractivity contribution in [2.45, 2.75) is 6.42 Å². The maximum Gasteiger partial charge on any atom is 0.231 e. The van der Waals surface area contributed by atoms with E-state index in [9.17, 15) is 9.18 Å². The van der Waals surface area contributed by atoms with Crippen LogP contribution in [0.4, 0.5) is 10.1 Å². The lowest BCUT2D eigenvalue weighted by Crippen LogP contribution is -2.32. The molecule has 0 spiro atoms. The van der Waals surface area contributed by atoms with E-state index >= 15 is 0 Å². The molecular weight excluding hydrogens is 285 g/mol. The molecule has 2 aromatic carbocycles. The Morgan fingerprint density at radius 2 is 2.18 bits per heavy atom. The molecule has 1 N–H and O–H groups in total. The molecule has 114 valence electrons. The van der Waals surface area contributed by atoms with Crippen LogP contribution in [0.15, 0.2) is 42.5 Å². The molecule has 1 aliphatic heterocycles. The summed E-state index contributed by atoms with van der Waals surface area (Å²) >= 11 is 0. The number of hydrogen-bond acceptors (Lipinski definition) is 3. The third kappa shape index (κ3) is 3.03. The van der Waals surface area contributed by atoms with E-state index in [1.54, 1.807) is 19.2 Å². The van der Waals surface area contributed by atoms with Crippen LogP contribution >= 0.6 is 0 Å². The first-order chi connectivity index (χ1) is 10.7. The average molecular weight is 301 g/mol. The molecule has 5 heteroatoms. The lowest BCUT2D eigenvalue weighted by Gasteiger charge is -2.25. The number of rotatable bonds is 3. The van der Waals surface area contributed by atoms with Gasteiger partial charge in [-0.2, -0.15) is 0 Å². The molecule has 2 aromatic rings. The lowest BCUT2D eigenvalue weighted by atomic mass is 9.95. The Kier molecular flexibility index (Phi) is 3.96. The standard InChI is InChI=1S/C17H16FNO3/c1-21-15-5-6-16-11(8-15)7-12(10-22-16)17(20)19-14-4-2-3-13(18)9-14/h2-6,8-9,12H,7,10H2,1H3,(H,19,20)/t12-/m1/s1. The number of carbonyl (C=O) groups excluding carboxylic acids is 1. The van der Waals surface area contributed by atoms with Gasteiger partial charge in [-0.1, -0.05) is 6.07 Å². The molecule has 4 nitrogen and oxygen atoms in total. The van der Waals surface area contributed by atoms with E-state index in [4.69, 9.17) is 9.47 Å². The van der Waals surface area contributed by atoms with E-state index in [2.05, 4.69) is 5.32 Å². The predicted molar refractivity (Wildman–Crippen MR) is 80.7 cm³/mol. The molecule has 0 bridgehead atoms. The zero-order valence-electron chi connectivity index (χ0n) is 12.1. The number of methoxy groups -OCH3 is 1. The van der Waals surface area contributed by atoms with Gasteiger partial charge in [0.1, 0.15) is 23.9 Å². The molecule has 1 amide bonds. The van der Waals surface area contributed by atoms with Crippen LogP contribution in [0.3, 0.4) is 0 Å². The fourth-order valence-corrected chi connectivity index (χ4v) is 2.48. The average Bonchev–Trinajstić information content (AvgIpc) is 2.53. The Bertz CT molecular complexity index is 702. The number of nitrogens with one attached hydrogen (secondary N) is 1. The monoisotopic (exact) mass is 301 g/mol. The summed E-state index contributed by atoms with van der Waals surface area (Å²) in [6.07, 6.45) is 0.563. The van der Waals surface area contributed by atoms with Crippen LogP contribution in [0.1, 0.15) is 5.56 Å². The quantitative estimate of drug-likeness (QED) is 0.948. The lowest BCUT2D eigenvalue weighted by molar-refractivity contribution is -0.121. The number of fused-ring (bicyclic) bond motifs is 1. The zero-order valence-corrected chi connectivity index (χ0v) is 12.1. The van der Waals surface area contributed by atoms with Gasteiger partial charge in [0.15, 0.2) is 0 Å². The van der Waals surface area contributed by atoms with Crippen LogP contribution in [0.25, 0.3) is 0 Å². The van der Waals surface area contributed by atoms with Crippen LogP contribution in [-0.2, 0) is 11.2 Å². The van der Waals surface area contributed by atoms with E-state index < -0.39 is 0 Å². The number of anilines is 1. The smallest absolute Gasteiger partial charge is 0.231 e. The SMILES string of the molecule is COc1ccc2c(c1)C[C@@H](C(=O)Nc1cccc(F)c1)CO2. The summed E-state index contributed by atoms with van der Waals surface area (Å²) in [5, 5.41) is 2.72. The maximum absolute atomic E-state index is 13.2. The zero-order chi connectivity index (χ0) is 15.5. The second kappa shape index (κ2) is 6.05. The minimum Gasteiger partial charge on any atom is -0.497 e. The maximum atomic E-state index is 13.2. The molecule has 3 rings (SSSR count). The minimum atomic E-state index is -0.382. The number of ether oxygens (including phenoxy) is 2. The number of carbonyl (C=O) groups is 1. The molecule has 0 aliphatic carbocycles. The van der Waals surface area contributed by atoms with Gasteiger partial charge in [-0.3, -0.25) is 4.79 Å². The first-order valence-electron chi connectivity index (χ1n) is 7.02. The first-order valence-corrected chi connectivity index (χ1v) is 7.02. The molecule has 1 heterocycles. The van der Waals surface area contributed by atoms with Crippen molar-refractivity contribution in [2.75, 3.05) is 19.0 Å². The fourth-order valence-electron chi connectivity index (χ4n) is 2.48. The summed E-state index contributed by atoms with van der Waals surface area (Å²) in [6.45, 7) is 0.306. The van der Waals surface area contributed by atoms with E-state index in [0.717, 1.165) is 17.1 Å². The number of amides is 1. The normalized spacial score (nSPS) is 16.4. The third-order valence-electron chi connectivity index (χ3n) is 3.64. The Hall–Kier alpha value is -2.56. The van der Waals surface area contributed by atoms with Crippen LogP contribution < -0.4 is 14.8 Å². The second-order valence-corrected chi connectivity index (χ2v) is 5.19. The molecule has 1 atom stereocenters. The van der Waals surface area contributed by atoms with Gasteiger partial charge >= 0.3 is 0 Å². The van der Waals surface area contributed by atoms with Crippen molar-refractivity contribution in [1.82, 2.24) is 0 Å². The van der Waals surface area contributed by atoms with Crippen molar-refractivity contribution < 1.29 is 18.7 Å². The van der Waals surface area contributed by atoms with E-state index in [1.807, 2.05) is 18.2 Å². The van der Waals surface area contributed by atoms with Crippen LogP contribution in [0.2, 0.25) is 0 Å². The van der Waals surface area contributed by atoms with Crippen LogP contribution in [0, 0.1) is 11.7 Å². The van der Waals surface area contributed by atoms with E-state index in [0.29, 0.717) is 18.7 Å². The van der Waals surface area contributed by atoms with E-state index in [-0.39, 0.29) is 17.6 Å². The Morgan fingerprint density at radius 1 is 1.32 bits per heavy atom. The molecule has 0 saturated carbocycles. The molecular formula is C17H16FNO3. The van der Waals surface area contributed by atoms with Crippen molar-refractivity contribution >= 4 is 11.6 Å². The van der Waals surface area contributed by atoms with Gasteiger partial charge in [-0.15, -0.1) is 0 Å². The van der Waals surface area contributed by atoms with Crippen molar-refractivity contribution in [1.29, 1.82) is 0 Å². The van der Waals surface area contributed by atoms with Crippen LogP contribution in [-0.4, -0.2) is 19.6 Å². The van der Waals surface area contributed by atoms with Gasteiger partial charge in [0.05, 0.1) is 13.0 Å². The van der Waals surface area contributed by atoms with E-state index in [1.165, 1.54) is 12.1 Å². The molecule has 0 aromatic heterocycles. The highest BCUT2D eigenvalue weighted by Gasteiger charge is 2.26. The van der Waals surface area contributed by atoms with Gasteiger partial charge in [0, 0.05) is 5.69 Å². The minimum absolute atomic E-state index is 0.181. The molecule has 0 saturated heterocycles. The Labute approximate surface area is 127 Å². The second-order valence-electron chi connectivity index (χ2n) is 5.19. The highest BCUT2D eigenvalue weighted by molar-refractivity contribution is 5.93. The van der Waals surface area contributed by atoms with Gasteiger partial charge in [0.2, 0.25) is 5.91 Å². The van der Waals surface area contributed by atoms with Gasteiger partial charge in [-0.05, 0) is 48.4 Å². The fraction of sp³-hybridized carbons (Fsp3) is 0.235.